The van der Waals surface area contributed by atoms with E-state index in [2.05, 4.69) is 54.1 Å². The quantitative estimate of drug-likeness (QED) is 0.0697. The van der Waals surface area contributed by atoms with E-state index in [0.717, 1.165) is 50.6 Å². The third-order valence-corrected chi connectivity index (χ3v) is 5.33. The number of unbranched alkanes of at least 4 members (excludes halogenated alkanes) is 9. The van der Waals surface area contributed by atoms with Crippen molar-refractivity contribution in [3.8, 4) is 0 Å². The SMILES string of the molecule is CC/C=C\CCCCOC(CCCCCCCCBr)OCCCC/C=C\CC. The highest BCUT2D eigenvalue weighted by Gasteiger charge is 2.09. The highest BCUT2D eigenvalue weighted by molar-refractivity contribution is 9.09. The van der Waals surface area contributed by atoms with Crippen LogP contribution in [0.2, 0.25) is 0 Å². The number of allylic oxidation sites excluding steroid dienone is 4. The summed E-state index contributed by atoms with van der Waals surface area (Å²) in [6.45, 7) is 6.02. The first-order valence-corrected chi connectivity index (χ1v) is 13.1. The Morgan fingerprint density at radius 1 is 0.607 bits per heavy atom. The molecule has 0 rings (SSSR count). The van der Waals surface area contributed by atoms with Crippen LogP contribution in [-0.2, 0) is 9.47 Å². The van der Waals surface area contributed by atoms with Crippen molar-refractivity contribution in [3.05, 3.63) is 24.3 Å². The highest BCUT2D eigenvalue weighted by atomic mass is 79.9. The Hall–Kier alpha value is -0.120. The fourth-order valence-corrected chi connectivity index (χ4v) is 3.45. The molecule has 0 aromatic heterocycles. The Morgan fingerprint density at radius 3 is 1.61 bits per heavy atom. The van der Waals surface area contributed by atoms with Crippen LogP contribution in [0.4, 0.5) is 0 Å². The minimum absolute atomic E-state index is 0.0000837. The summed E-state index contributed by atoms with van der Waals surface area (Å²) in [6, 6.07) is 0. The summed E-state index contributed by atoms with van der Waals surface area (Å²) in [5, 5.41) is 1.14. The van der Waals surface area contributed by atoms with Crippen molar-refractivity contribution in [1.29, 1.82) is 0 Å². The molecule has 0 aromatic rings. The van der Waals surface area contributed by atoms with Crippen LogP contribution in [0.1, 0.15) is 110 Å². The topological polar surface area (TPSA) is 18.5 Å². The van der Waals surface area contributed by atoms with E-state index in [1.54, 1.807) is 0 Å². The number of alkyl halides is 1. The first-order valence-electron chi connectivity index (χ1n) is 11.9. The molecule has 3 heteroatoms. The average Bonchev–Trinajstić information content (AvgIpc) is 2.71. The molecule has 0 N–H and O–H groups in total. The number of hydrogen-bond acceptors (Lipinski definition) is 2. The van der Waals surface area contributed by atoms with Crippen LogP contribution in [0.5, 0.6) is 0 Å². The van der Waals surface area contributed by atoms with Gasteiger partial charge in [0.2, 0.25) is 0 Å². The molecule has 0 bridgehead atoms. The van der Waals surface area contributed by atoms with Crippen LogP contribution in [-0.4, -0.2) is 24.8 Å². The molecule has 0 fully saturated rings. The summed E-state index contributed by atoms with van der Waals surface area (Å²) < 4.78 is 12.1. The van der Waals surface area contributed by atoms with Crippen molar-refractivity contribution in [2.24, 2.45) is 0 Å². The van der Waals surface area contributed by atoms with Gasteiger partial charge >= 0.3 is 0 Å². The van der Waals surface area contributed by atoms with E-state index in [1.807, 2.05) is 0 Å². The Bertz CT molecular complexity index is 317. The fourth-order valence-electron chi connectivity index (χ4n) is 3.05. The molecular weight excluding hydrogens is 412 g/mol. The smallest absolute Gasteiger partial charge is 0.157 e. The monoisotopic (exact) mass is 458 g/mol. The van der Waals surface area contributed by atoms with Gasteiger partial charge in [-0.25, -0.2) is 0 Å². The minimum Gasteiger partial charge on any atom is -0.353 e. The van der Waals surface area contributed by atoms with Crippen molar-refractivity contribution in [3.63, 3.8) is 0 Å². The van der Waals surface area contributed by atoms with E-state index in [9.17, 15) is 0 Å². The molecule has 0 radical (unpaired) electrons. The lowest BCUT2D eigenvalue weighted by Crippen LogP contribution is -2.19. The van der Waals surface area contributed by atoms with E-state index in [1.165, 1.54) is 64.2 Å². The Labute approximate surface area is 184 Å². The highest BCUT2D eigenvalue weighted by Crippen LogP contribution is 2.13. The number of rotatable bonds is 22. The van der Waals surface area contributed by atoms with E-state index in [-0.39, 0.29) is 6.29 Å². The molecule has 28 heavy (non-hydrogen) atoms. The largest absolute Gasteiger partial charge is 0.353 e. The predicted molar refractivity (Wildman–Crippen MR) is 128 cm³/mol. The predicted octanol–water partition coefficient (Wildman–Crippen LogP) is 8.74. The summed E-state index contributed by atoms with van der Waals surface area (Å²) in [5.41, 5.74) is 0. The summed E-state index contributed by atoms with van der Waals surface area (Å²) in [7, 11) is 0. The summed E-state index contributed by atoms with van der Waals surface area (Å²) >= 11 is 3.51. The van der Waals surface area contributed by atoms with E-state index >= 15 is 0 Å². The molecule has 0 unspecified atom stereocenters. The molecular formula is C25H47BrO2. The fraction of sp³-hybridized carbons (Fsp3) is 0.840. The molecule has 0 heterocycles. The lowest BCUT2D eigenvalue weighted by molar-refractivity contribution is -0.147. The number of hydrogen-bond donors (Lipinski definition) is 0. The molecule has 0 spiro atoms. The van der Waals surface area contributed by atoms with Crippen molar-refractivity contribution in [2.45, 2.75) is 116 Å². The zero-order valence-electron chi connectivity index (χ0n) is 18.8. The molecule has 2 nitrogen and oxygen atoms in total. The average molecular weight is 460 g/mol. The van der Waals surface area contributed by atoms with Gasteiger partial charge in [-0.2, -0.15) is 0 Å². The lowest BCUT2D eigenvalue weighted by atomic mass is 10.1. The lowest BCUT2D eigenvalue weighted by Gasteiger charge is -2.19. The zero-order valence-corrected chi connectivity index (χ0v) is 20.4. The number of ether oxygens (including phenoxy) is 2. The molecule has 0 aliphatic carbocycles. The van der Waals surface area contributed by atoms with Crippen molar-refractivity contribution >= 4 is 15.9 Å². The Kier molecular flexibility index (Phi) is 24.8. The third-order valence-electron chi connectivity index (χ3n) is 4.77. The van der Waals surface area contributed by atoms with Gasteiger partial charge in [-0.1, -0.05) is 79.8 Å². The second kappa shape index (κ2) is 24.9. The van der Waals surface area contributed by atoms with Crippen LogP contribution in [0.15, 0.2) is 24.3 Å². The van der Waals surface area contributed by atoms with Gasteiger partial charge in [0.15, 0.2) is 6.29 Å². The van der Waals surface area contributed by atoms with Crippen LogP contribution in [0, 0.1) is 0 Å². The van der Waals surface area contributed by atoms with Gasteiger partial charge in [-0.05, 0) is 70.6 Å². The second-order valence-electron chi connectivity index (χ2n) is 7.52. The molecule has 0 amide bonds. The summed E-state index contributed by atoms with van der Waals surface area (Å²) in [5.74, 6) is 0. The molecule has 0 aliphatic heterocycles. The van der Waals surface area contributed by atoms with E-state index in [4.69, 9.17) is 9.47 Å². The van der Waals surface area contributed by atoms with E-state index in [0.29, 0.717) is 0 Å². The molecule has 0 atom stereocenters. The van der Waals surface area contributed by atoms with Crippen LogP contribution >= 0.6 is 15.9 Å². The number of halogens is 1. The van der Waals surface area contributed by atoms with Gasteiger partial charge in [0.05, 0.1) is 0 Å². The summed E-state index contributed by atoms with van der Waals surface area (Å²) in [6.07, 6.45) is 27.3. The van der Waals surface area contributed by atoms with Crippen LogP contribution in [0.25, 0.3) is 0 Å². The minimum atomic E-state index is -0.0000837. The normalized spacial score (nSPS) is 12.1. The molecule has 0 aromatic carbocycles. The molecule has 0 saturated carbocycles. The van der Waals surface area contributed by atoms with Gasteiger partial charge in [-0.3, -0.25) is 0 Å². The van der Waals surface area contributed by atoms with Gasteiger partial charge in [-0.15, -0.1) is 0 Å². The van der Waals surface area contributed by atoms with Crippen molar-refractivity contribution < 1.29 is 9.47 Å². The molecule has 0 saturated heterocycles. The maximum atomic E-state index is 6.07. The third kappa shape index (κ3) is 22.2. The molecule has 0 aliphatic rings. The van der Waals surface area contributed by atoms with Gasteiger partial charge in [0.1, 0.15) is 0 Å². The maximum absolute atomic E-state index is 6.07. The van der Waals surface area contributed by atoms with Crippen molar-refractivity contribution in [2.75, 3.05) is 18.5 Å². The van der Waals surface area contributed by atoms with Crippen molar-refractivity contribution in [1.82, 2.24) is 0 Å². The summed E-state index contributed by atoms with van der Waals surface area (Å²) in [4.78, 5) is 0. The van der Waals surface area contributed by atoms with Gasteiger partial charge in [0.25, 0.3) is 0 Å². The standard InChI is InChI=1S/C25H47BrO2/c1-3-5-7-9-15-19-23-27-25(21-17-13-11-12-14-18-22-26)28-24-20-16-10-8-6-4-2/h5-8,25H,3-4,9-24H2,1-2H3/b7-5-,8-6-. The van der Waals surface area contributed by atoms with E-state index < -0.39 is 0 Å². The second-order valence-corrected chi connectivity index (χ2v) is 8.31. The van der Waals surface area contributed by atoms with Crippen LogP contribution in [0.3, 0.4) is 0 Å². The maximum Gasteiger partial charge on any atom is 0.157 e. The first kappa shape index (κ1) is 27.9. The van der Waals surface area contributed by atoms with Gasteiger partial charge < -0.3 is 9.47 Å². The first-order chi connectivity index (χ1) is 13.8. The Morgan fingerprint density at radius 2 is 1.11 bits per heavy atom. The molecule has 166 valence electrons. The van der Waals surface area contributed by atoms with Gasteiger partial charge in [0, 0.05) is 18.5 Å². The zero-order chi connectivity index (χ0) is 20.5. The van der Waals surface area contributed by atoms with Crippen LogP contribution < -0.4 is 0 Å². The Balaban J connectivity index is 3.88.